The molecular formula is C23H18N2O. The van der Waals surface area contributed by atoms with E-state index < -0.39 is 0 Å². The topological polar surface area (TPSA) is 64.7 Å². The second kappa shape index (κ2) is 8.10. The van der Waals surface area contributed by atoms with Crippen LogP contribution >= 0.6 is 0 Å². The van der Waals surface area contributed by atoms with Gasteiger partial charge in [-0.1, -0.05) is 24.3 Å². The number of hydrogen-bond donors (Lipinski definition) is 0. The minimum atomic E-state index is 0.0937. The molecule has 1 aliphatic rings. The van der Waals surface area contributed by atoms with Gasteiger partial charge in [-0.05, 0) is 73.2 Å². The molecule has 0 spiro atoms. The van der Waals surface area contributed by atoms with Gasteiger partial charge in [-0.3, -0.25) is 4.79 Å². The molecule has 3 nitrogen and oxygen atoms in total. The van der Waals surface area contributed by atoms with E-state index in [1.54, 1.807) is 24.3 Å². The predicted molar refractivity (Wildman–Crippen MR) is 102 cm³/mol. The van der Waals surface area contributed by atoms with Crippen LogP contribution in [0.15, 0.2) is 59.7 Å². The smallest absolute Gasteiger partial charge is 0.185 e. The van der Waals surface area contributed by atoms with Crippen molar-refractivity contribution < 1.29 is 4.79 Å². The number of ketones is 1. The molecule has 0 saturated heterocycles. The molecular weight excluding hydrogens is 319 g/mol. The summed E-state index contributed by atoms with van der Waals surface area (Å²) in [5.74, 6) is 0.0937. The standard InChI is InChI=1S/C23H18N2O/c24-15-19-9-5-17(6-10-19)13-21-3-1-2-4-22(23(21)26)14-18-7-11-20(16-25)12-8-18/h5-14H,1-4H2/b21-13-,22-14-/i15-1. The zero-order chi connectivity index (χ0) is 18.4. The second-order valence-electron chi connectivity index (χ2n) is 6.34. The fraction of sp³-hybridized carbons (Fsp3) is 0.174. The van der Waals surface area contributed by atoms with Crippen LogP contribution in [-0.4, -0.2) is 5.78 Å². The van der Waals surface area contributed by atoms with Gasteiger partial charge in [-0.2, -0.15) is 10.5 Å². The summed E-state index contributed by atoms with van der Waals surface area (Å²) in [6.07, 6.45) is 7.37. The number of nitriles is 2. The highest BCUT2D eigenvalue weighted by atomic mass is 16.1. The van der Waals surface area contributed by atoms with E-state index in [-0.39, 0.29) is 5.78 Å². The van der Waals surface area contributed by atoms with Crippen molar-refractivity contribution in [2.75, 3.05) is 0 Å². The lowest BCUT2D eigenvalue weighted by Gasteiger charge is -2.06. The number of carbonyl (C=O) groups excluding carboxylic acids is 1. The van der Waals surface area contributed by atoms with Crippen molar-refractivity contribution in [3.05, 3.63) is 81.9 Å². The summed E-state index contributed by atoms with van der Waals surface area (Å²) < 4.78 is 0. The molecule has 0 heterocycles. The van der Waals surface area contributed by atoms with Crippen molar-refractivity contribution in [1.82, 2.24) is 0 Å². The first kappa shape index (κ1) is 17.4. The molecule has 2 aromatic rings. The van der Waals surface area contributed by atoms with Crippen LogP contribution in [0.5, 0.6) is 0 Å². The minimum Gasteiger partial charge on any atom is -0.289 e. The zero-order valence-electron chi connectivity index (χ0n) is 14.4. The Balaban J connectivity index is 1.89. The number of hydrogen-bond acceptors (Lipinski definition) is 3. The molecule has 0 unspecified atom stereocenters. The van der Waals surface area contributed by atoms with E-state index in [1.807, 2.05) is 36.4 Å². The molecule has 0 aromatic heterocycles. The first-order valence-corrected chi connectivity index (χ1v) is 8.66. The molecule has 3 rings (SSSR count). The van der Waals surface area contributed by atoms with Crippen molar-refractivity contribution in [2.24, 2.45) is 0 Å². The van der Waals surface area contributed by atoms with Crippen LogP contribution < -0.4 is 0 Å². The van der Waals surface area contributed by atoms with E-state index in [4.69, 9.17) is 10.5 Å². The molecule has 0 radical (unpaired) electrons. The largest absolute Gasteiger partial charge is 0.289 e. The average molecular weight is 337 g/mol. The molecule has 2 aromatic carbocycles. The lowest BCUT2D eigenvalue weighted by Crippen LogP contribution is -2.04. The SMILES string of the molecule is N#Cc1ccc(/C=C2/CCCC/C(=C/c3ccc([11C]#N)cc3)C2=O)cc1. The molecule has 0 bridgehead atoms. The zero-order valence-corrected chi connectivity index (χ0v) is 14.4. The third-order valence-corrected chi connectivity index (χ3v) is 4.49. The summed E-state index contributed by atoms with van der Waals surface area (Å²) in [6.45, 7) is 0. The highest BCUT2D eigenvalue weighted by Crippen LogP contribution is 2.27. The number of rotatable bonds is 2. The van der Waals surface area contributed by atoms with Crippen molar-refractivity contribution in [2.45, 2.75) is 25.7 Å². The maximum atomic E-state index is 13.0. The van der Waals surface area contributed by atoms with E-state index in [0.29, 0.717) is 11.1 Å². The molecule has 1 saturated carbocycles. The third-order valence-electron chi connectivity index (χ3n) is 4.49. The molecule has 26 heavy (non-hydrogen) atoms. The molecule has 0 N–H and O–H groups in total. The van der Waals surface area contributed by atoms with Gasteiger partial charge in [0.25, 0.3) is 0 Å². The fourth-order valence-corrected chi connectivity index (χ4v) is 3.05. The van der Waals surface area contributed by atoms with Gasteiger partial charge in [0.2, 0.25) is 0 Å². The van der Waals surface area contributed by atoms with E-state index in [9.17, 15) is 4.79 Å². The third kappa shape index (κ3) is 4.15. The van der Waals surface area contributed by atoms with Gasteiger partial charge >= 0.3 is 0 Å². The van der Waals surface area contributed by atoms with Crippen LogP contribution in [0.25, 0.3) is 12.2 Å². The Morgan fingerprint density at radius 1 is 0.692 bits per heavy atom. The van der Waals surface area contributed by atoms with Crippen molar-refractivity contribution >= 4 is 17.9 Å². The number of benzene rings is 2. The van der Waals surface area contributed by atoms with Gasteiger partial charge < -0.3 is 0 Å². The summed E-state index contributed by atoms with van der Waals surface area (Å²) in [7, 11) is 0. The van der Waals surface area contributed by atoms with Crippen LogP contribution in [0.4, 0.5) is 0 Å². The molecule has 1 fully saturated rings. The van der Waals surface area contributed by atoms with Crippen LogP contribution in [-0.2, 0) is 4.79 Å². The van der Waals surface area contributed by atoms with Crippen LogP contribution in [0.3, 0.4) is 0 Å². The Morgan fingerprint density at radius 2 is 1.08 bits per heavy atom. The van der Waals surface area contributed by atoms with Gasteiger partial charge in [0, 0.05) is 11.1 Å². The Kier molecular flexibility index (Phi) is 5.42. The first-order chi connectivity index (χ1) is 12.7. The van der Waals surface area contributed by atoms with Crippen molar-refractivity contribution in [3.8, 4) is 12.1 Å². The summed E-state index contributed by atoms with van der Waals surface area (Å²) >= 11 is 0. The first-order valence-electron chi connectivity index (χ1n) is 8.66. The number of carbonyl (C=O) groups is 1. The number of nitrogens with zero attached hydrogens (tertiary/aromatic N) is 2. The van der Waals surface area contributed by atoms with Crippen LogP contribution in [0, 0.1) is 22.7 Å². The lowest BCUT2D eigenvalue weighted by atomic mass is 9.96. The van der Waals surface area contributed by atoms with Crippen molar-refractivity contribution in [3.63, 3.8) is 0 Å². The summed E-state index contributed by atoms with van der Waals surface area (Å²) in [5.41, 5.74) is 4.72. The Morgan fingerprint density at radius 3 is 1.42 bits per heavy atom. The summed E-state index contributed by atoms with van der Waals surface area (Å²) in [6, 6.07) is 18.7. The Bertz CT molecular complexity index is 870. The van der Waals surface area contributed by atoms with Crippen molar-refractivity contribution in [1.29, 1.82) is 10.5 Å². The highest BCUT2D eigenvalue weighted by molar-refractivity contribution is 6.13. The maximum absolute atomic E-state index is 13.0. The lowest BCUT2D eigenvalue weighted by molar-refractivity contribution is -0.112. The number of allylic oxidation sites excluding steroid dienone is 2. The Hall–Kier alpha value is -3.43. The van der Waals surface area contributed by atoms with E-state index >= 15 is 0 Å². The van der Waals surface area contributed by atoms with Crippen LogP contribution in [0.1, 0.15) is 47.9 Å². The van der Waals surface area contributed by atoms with Gasteiger partial charge in [-0.25, -0.2) is 0 Å². The second-order valence-corrected chi connectivity index (χ2v) is 6.34. The maximum Gasteiger partial charge on any atom is 0.185 e. The van der Waals surface area contributed by atoms with Gasteiger partial charge in [0.05, 0.1) is 23.3 Å². The summed E-state index contributed by atoms with van der Waals surface area (Å²) in [5, 5.41) is 17.8. The highest BCUT2D eigenvalue weighted by Gasteiger charge is 2.18. The average Bonchev–Trinajstić information content (AvgIpc) is 2.85. The van der Waals surface area contributed by atoms with Gasteiger partial charge in [0.1, 0.15) is 0 Å². The molecule has 1 aliphatic carbocycles. The molecule has 0 amide bonds. The van der Waals surface area contributed by atoms with Gasteiger partial charge in [-0.15, -0.1) is 0 Å². The quantitative estimate of drug-likeness (QED) is 0.569. The predicted octanol–water partition coefficient (Wildman–Crippen LogP) is 5.04. The molecule has 126 valence electrons. The van der Waals surface area contributed by atoms with Crippen LogP contribution in [0.2, 0.25) is 0 Å². The monoisotopic (exact) mass is 337 g/mol. The number of Topliss-reactive ketones (excluding diaryl/α,β-unsaturated/α-hetero) is 1. The van der Waals surface area contributed by atoms with E-state index in [0.717, 1.165) is 48.0 Å². The molecule has 0 atom stereocenters. The normalized spacial score (nSPS) is 17.5. The Labute approximate surface area is 153 Å². The fourth-order valence-electron chi connectivity index (χ4n) is 3.05. The van der Waals surface area contributed by atoms with E-state index in [2.05, 4.69) is 12.1 Å². The summed E-state index contributed by atoms with van der Waals surface area (Å²) in [4.78, 5) is 13.0. The molecule has 0 aliphatic heterocycles. The minimum absolute atomic E-state index is 0.0937. The van der Waals surface area contributed by atoms with E-state index in [1.165, 1.54) is 0 Å². The van der Waals surface area contributed by atoms with Gasteiger partial charge in [0.15, 0.2) is 5.78 Å². The molecule has 3 heteroatoms.